The maximum absolute atomic E-state index is 14.0. The molecule has 1 aliphatic heterocycles. The van der Waals surface area contributed by atoms with Crippen molar-refractivity contribution in [3.8, 4) is 11.5 Å². The third-order valence-electron chi connectivity index (χ3n) is 6.98. The SMILES string of the molecule is CCOc1cc(/C=c2\sc3n(c2=O)[C@H](c2ccccc2)C(C(=O)OC)=C(CC)N=3)cc(I)c1OCc1ccc(C(=O)O)cc1. The van der Waals surface area contributed by atoms with Crippen LogP contribution in [0.3, 0.4) is 0 Å². The lowest BCUT2D eigenvalue weighted by Crippen LogP contribution is -2.40. The van der Waals surface area contributed by atoms with Crippen LogP contribution in [0.15, 0.2) is 87.8 Å². The quantitative estimate of drug-likeness (QED) is 0.179. The van der Waals surface area contributed by atoms with Gasteiger partial charge >= 0.3 is 11.9 Å². The number of methoxy groups -OCH3 is 1. The summed E-state index contributed by atoms with van der Waals surface area (Å²) in [6.07, 6.45) is 2.29. The molecule has 1 aliphatic rings. The summed E-state index contributed by atoms with van der Waals surface area (Å²) in [6, 6.07) is 18.9. The maximum Gasteiger partial charge on any atom is 0.338 e. The number of carbonyl (C=O) groups is 2. The first-order valence-corrected chi connectivity index (χ1v) is 15.7. The van der Waals surface area contributed by atoms with Gasteiger partial charge in [0.05, 0.1) is 44.7 Å². The second kappa shape index (κ2) is 13.6. The number of benzene rings is 3. The van der Waals surface area contributed by atoms with Crippen LogP contribution in [0, 0.1) is 3.57 Å². The lowest BCUT2D eigenvalue weighted by atomic mass is 9.95. The van der Waals surface area contributed by atoms with Gasteiger partial charge in [-0.1, -0.05) is 60.7 Å². The second-order valence-corrected chi connectivity index (χ2v) is 11.9. The van der Waals surface area contributed by atoms with E-state index >= 15 is 0 Å². The lowest BCUT2D eigenvalue weighted by Gasteiger charge is -2.25. The van der Waals surface area contributed by atoms with E-state index in [-0.39, 0.29) is 17.7 Å². The van der Waals surface area contributed by atoms with Crippen LogP contribution in [-0.4, -0.2) is 35.3 Å². The highest BCUT2D eigenvalue weighted by atomic mass is 127. The summed E-state index contributed by atoms with van der Waals surface area (Å²) < 4.78 is 20.0. The number of esters is 1. The highest BCUT2D eigenvalue weighted by molar-refractivity contribution is 14.1. The van der Waals surface area contributed by atoms with E-state index in [9.17, 15) is 14.4 Å². The molecule has 5 rings (SSSR count). The maximum atomic E-state index is 14.0. The molecule has 1 N–H and O–H groups in total. The van der Waals surface area contributed by atoms with Gasteiger partial charge in [0, 0.05) is 0 Å². The van der Waals surface area contributed by atoms with E-state index in [1.165, 1.54) is 30.6 Å². The number of thiazole rings is 1. The molecule has 226 valence electrons. The Kier molecular flexibility index (Phi) is 9.64. The Labute approximate surface area is 270 Å². The number of aromatic nitrogens is 1. The van der Waals surface area contributed by atoms with Crippen LogP contribution < -0.4 is 24.4 Å². The number of carbonyl (C=O) groups excluding carboxylic acids is 1. The van der Waals surface area contributed by atoms with Crippen molar-refractivity contribution in [3.63, 3.8) is 0 Å². The zero-order chi connectivity index (χ0) is 31.4. The van der Waals surface area contributed by atoms with Gasteiger partial charge in [-0.25, -0.2) is 14.6 Å². The number of allylic oxidation sites excluding steroid dienone is 1. The van der Waals surface area contributed by atoms with Gasteiger partial charge in [-0.2, -0.15) is 0 Å². The number of carboxylic acid groups (broad SMARTS) is 1. The van der Waals surface area contributed by atoms with Gasteiger partial charge in [0.1, 0.15) is 6.61 Å². The molecule has 0 fully saturated rings. The van der Waals surface area contributed by atoms with Gasteiger partial charge in [0.15, 0.2) is 16.3 Å². The highest BCUT2D eigenvalue weighted by Gasteiger charge is 2.33. The summed E-state index contributed by atoms with van der Waals surface area (Å²) in [4.78, 5) is 43.3. The van der Waals surface area contributed by atoms with Gasteiger partial charge in [0.25, 0.3) is 5.56 Å². The molecular formula is C33H29IN2O7S. The van der Waals surface area contributed by atoms with Crippen molar-refractivity contribution in [3.05, 3.63) is 124 Å². The smallest absolute Gasteiger partial charge is 0.338 e. The zero-order valence-corrected chi connectivity index (χ0v) is 27.2. The zero-order valence-electron chi connectivity index (χ0n) is 24.2. The number of hydrogen-bond donors (Lipinski definition) is 1. The largest absolute Gasteiger partial charge is 0.490 e. The molecule has 1 atom stereocenters. The lowest BCUT2D eigenvalue weighted by molar-refractivity contribution is -0.136. The number of rotatable bonds is 10. The molecule has 44 heavy (non-hydrogen) atoms. The Hall–Kier alpha value is -4.23. The van der Waals surface area contributed by atoms with E-state index in [2.05, 4.69) is 22.6 Å². The molecule has 9 nitrogen and oxygen atoms in total. The van der Waals surface area contributed by atoms with Gasteiger partial charge in [0.2, 0.25) is 0 Å². The monoisotopic (exact) mass is 724 g/mol. The fourth-order valence-electron chi connectivity index (χ4n) is 4.94. The van der Waals surface area contributed by atoms with Crippen LogP contribution in [-0.2, 0) is 16.1 Å². The molecule has 0 saturated carbocycles. The number of hydrogen-bond acceptors (Lipinski definition) is 8. The van der Waals surface area contributed by atoms with Crippen molar-refractivity contribution < 1.29 is 28.9 Å². The summed E-state index contributed by atoms with van der Waals surface area (Å²) in [5.41, 5.74) is 3.21. The third kappa shape index (κ3) is 6.34. The number of halogens is 1. The molecule has 0 unspecified atom stereocenters. The third-order valence-corrected chi connectivity index (χ3v) is 8.76. The predicted molar refractivity (Wildman–Crippen MR) is 175 cm³/mol. The van der Waals surface area contributed by atoms with Gasteiger partial charge in [-0.05, 0) is 83.0 Å². The molecule has 4 aromatic rings. The van der Waals surface area contributed by atoms with Crippen LogP contribution in [0.4, 0.5) is 0 Å². The first kappa shape index (κ1) is 31.2. The normalized spacial score (nSPS) is 14.5. The summed E-state index contributed by atoms with van der Waals surface area (Å²) in [5.74, 6) is -0.436. The fourth-order valence-corrected chi connectivity index (χ4v) is 6.74. The average molecular weight is 725 g/mol. The van der Waals surface area contributed by atoms with Crippen molar-refractivity contribution in [1.29, 1.82) is 0 Å². The van der Waals surface area contributed by atoms with Crippen LogP contribution in [0.5, 0.6) is 11.5 Å². The minimum Gasteiger partial charge on any atom is -0.490 e. The van der Waals surface area contributed by atoms with Crippen molar-refractivity contribution in [2.24, 2.45) is 4.99 Å². The van der Waals surface area contributed by atoms with Crippen molar-refractivity contribution in [2.75, 3.05) is 13.7 Å². The van der Waals surface area contributed by atoms with Crippen LogP contribution in [0.25, 0.3) is 6.08 Å². The first-order valence-electron chi connectivity index (χ1n) is 13.8. The molecule has 11 heteroatoms. The molecule has 0 radical (unpaired) electrons. The van der Waals surface area contributed by atoms with Gasteiger partial charge in [-0.3, -0.25) is 9.36 Å². The minimum atomic E-state index is -0.987. The van der Waals surface area contributed by atoms with E-state index in [1.54, 1.807) is 22.8 Å². The highest BCUT2D eigenvalue weighted by Crippen LogP contribution is 2.35. The number of nitrogens with zero attached hydrogens (tertiary/aromatic N) is 2. The standard InChI is InChI=1S/C33H29IN2O7S/c1-4-24-27(32(40)41-3)28(21-9-7-6-8-10-21)36-30(37)26(44-33(36)35-24)17-20-15-23(34)29(25(16-20)42-5-2)43-18-19-11-13-22(14-12-19)31(38)39/h6-17,28H,4-5,18H2,1-3H3,(H,38,39)/b26-17-/t28-/m1/s1. The summed E-state index contributed by atoms with van der Waals surface area (Å²) >= 11 is 3.43. The number of carboxylic acids is 1. The van der Waals surface area contributed by atoms with E-state index < -0.39 is 18.0 Å². The Morgan fingerprint density at radius 2 is 1.80 bits per heavy atom. The average Bonchev–Trinajstić information content (AvgIpc) is 3.34. The van der Waals surface area contributed by atoms with Crippen molar-refractivity contribution in [2.45, 2.75) is 32.9 Å². The van der Waals surface area contributed by atoms with E-state index in [4.69, 9.17) is 24.3 Å². The van der Waals surface area contributed by atoms with Crippen LogP contribution >= 0.6 is 33.9 Å². The van der Waals surface area contributed by atoms with Crippen LogP contribution in [0.2, 0.25) is 0 Å². The van der Waals surface area contributed by atoms with E-state index in [0.29, 0.717) is 45.1 Å². The Morgan fingerprint density at radius 3 is 2.43 bits per heavy atom. The summed E-state index contributed by atoms with van der Waals surface area (Å²) in [7, 11) is 1.33. The topological polar surface area (TPSA) is 116 Å². The molecule has 0 bridgehead atoms. The fraction of sp³-hybridized carbons (Fsp3) is 0.212. The number of ether oxygens (including phenoxy) is 3. The molecule has 0 amide bonds. The van der Waals surface area contributed by atoms with Crippen molar-refractivity contribution in [1.82, 2.24) is 4.57 Å². The molecule has 2 heterocycles. The molecule has 0 aliphatic carbocycles. The molecule has 0 saturated heterocycles. The van der Waals surface area contributed by atoms with Gasteiger partial charge in [-0.15, -0.1) is 0 Å². The number of fused-ring (bicyclic) bond motifs is 1. The summed E-state index contributed by atoms with van der Waals surface area (Å²) in [5, 5.41) is 9.15. The first-order chi connectivity index (χ1) is 21.2. The second-order valence-electron chi connectivity index (χ2n) is 9.75. The Balaban J connectivity index is 1.56. The predicted octanol–water partition coefficient (Wildman–Crippen LogP) is 5.08. The number of aromatic carboxylic acids is 1. The minimum absolute atomic E-state index is 0.204. The molecular weight excluding hydrogens is 695 g/mol. The van der Waals surface area contributed by atoms with Crippen molar-refractivity contribution >= 4 is 51.9 Å². The molecule has 3 aromatic carbocycles. The Bertz CT molecular complexity index is 1930. The summed E-state index contributed by atoms with van der Waals surface area (Å²) in [6.45, 7) is 4.41. The molecule has 1 aromatic heterocycles. The van der Waals surface area contributed by atoms with E-state index in [0.717, 1.165) is 20.3 Å². The van der Waals surface area contributed by atoms with E-state index in [1.807, 2.05) is 56.3 Å². The Morgan fingerprint density at radius 1 is 1.07 bits per heavy atom. The van der Waals surface area contributed by atoms with Gasteiger partial charge < -0.3 is 19.3 Å². The molecule has 0 spiro atoms. The van der Waals surface area contributed by atoms with Crippen LogP contribution in [0.1, 0.15) is 53.4 Å².